The van der Waals surface area contributed by atoms with E-state index < -0.39 is 0 Å². The van der Waals surface area contributed by atoms with Crippen molar-refractivity contribution in [3.8, 4) is 17.2 Å². The fourth-order valence-electron chi connectivity index (χ4n) is 3.68. The monoisotopic (exact) mass is 471 g/mol. The number of hydrogen-bond donors (Lipinski definition) is 0. The second kappa shape index (κ2) is 10.7. The van der Waals surface area contributed by atoms with Crippen LogP contribution in [-0.4, -0.2) is 76.6 Å². The summed E-state index contributed by atoms with van der Waals surface area (Å²) < 4.78 is 25.9. The molecule has 1 aliphatic heterocycles. The number of nitrogens with zero attached hydrogens (tertiary/aromatic N) is 5. The molecule has 33 heavy (non-hydrogen) atoms. The molecule has 0 spiro atoms. The SMILES string of the molecule is COc1ccc(-n2cnnc2SCC(=O)N2CCN(Cc3ccc(OC)c(F)c3)CC2)cc1. The summed E-state index contributed by atoms with van der Waals surface area (Å²) in [7, 11) is 3.08. The maximum absolute atomic E-state index is 13.9. The van der Waals surface area contributed by atoms with Gasteiger partial charge in [-0.05, 0) is 42.0 Å². The molecular formula is C23H26FN5O3S. The van der Waals surface area contributed by atoms with Crippen molar-refractivity contribution in [1.29, 1.82) is 0 Å². The lowest BCUT2D eigenvalue weighted by molar-refractivity contribution is -0.130. The van der Waals surface area contributed by atoms with Gasteiger partial charge in [0.1, 0.15) is 12.1 Å². The van der Waals surface area contributed by atoms with Crippen molar-refractivity contribution in [2.75, 3.05) is 46.2 Å². The number of carbonyl (C=O) groups is 1. The zero-order valence-corrected chi connectivity index (χ0v) is 19.4. The second-order valence-corrected chi connectivity index (χ2v) is 8.54. The molecule has 2 heterocycles. The Bertz CT molecular complexity index is 1080. The Morgan fingerprint density at radius 2 is 1.82 bits per heavy atom. The van der Waals surface area contributed by atoms with E-state index >= 15 is 0 Å². The van der Waals surface area contributed by atoms with E-state index in [9.17, 15) is 9.18 Å². The molecule has 0 N–H and O–H groups in total. The smallest absolute Gasteiger partial charge is 0.233 e. The van der Waals surface area contributed by atoms with Gasteiger partial charge in [-0.3, -0.25) is 14.3 Å². The first-order valence-electron chi connectivity index (χ1n) is 10.6. The summed E-state index contributed by atoms with van der Waals surface area (Å²) >= 11 is 1.37. The lowest BCUT2D eigenvalue weighted by atomic mass is 10.2. The minimum atomic E-state index is -0.358. The van der Waals surface area contributed by atoms with Crippen LogP contribution >= 0.6 is 11.8 Å². The van der Waals surface area contributed by atoms with Crippen molar-refractivity contribution in [1.82, 2.24) is 24.6 Å². The van der Waals surface area contributed by atoms with Gasteiger partial charge in [-0.25, -0.2) is 4.39 Å². The second-order valence-electron chi connectivity index (χ2n) is 7.60. The Balaban J connectivity index is 1.27. The summed E-state index contributed by atoms with van der Waals surface area (Å²) in [5, 5.41) is 8.81. The summed E-state index contributed by atoms with van der Waals surface area (Å²) in [6.07, 6.45) is 1.63. The van der Waals surface area contributed by atoms with Crippen molar-refractivity contribution in [3.05, 3.63) is 60.2 Å². The average molecular weight is 472 g/mol. The number of hydrogen-bond acceptors (Lipinski definition) is 7. The number of benzene rings is 2. The highest BCUT2D eigenvalue weighted by atomic mass is 32.2. The third kappa shape index (κ3) is 5.63. The first-order chi connectivity index (χ1) is 16.1. The normalized spacial score (nSPS) is 14.3. The number of rotatable bonds is 8. The maximum Gasteiger partial charge on any atom is 0.233 e. The van der Waals surface area contributed by atoms with Crippen LogP contribution in [-0.2, 0) is 11.3 Å². The molecule has 174 valence electrons. The van der Waals surface area contributed by atoms with Gasteiger partial charge in [0.15, 0.2) is 16.7 Å². The third-order valence-electron chi connectivity index (χ3n) is 5.54. The van der Waals surface area contributed by atoms with E-state index in [-0.39, 0.29) is 17.5 Å². The predicted octanol–water partition coefficient (Wildman–Crippen LogP) is 2.86. The number of thioether (sulfide) groups is 1. The number of methoxy groups -OCH3 is 2. The van der Waals surface area contributed by atoms with E-state index in [0.717, 1.165) is 30.1 Å². The maximum atomic E-state index is 13.9. The summed E-state index contributed by atoms with van der Waals surface area (Å²) in [6.45, 7) is 3.41. The summed E-state index contributed by atoms with van der Waals surface area (Å²) in [5.74, 6) is 1.02. The molecule has 1 amide bonds. The van der Waals surface area contributed by atoms with Crippen LogP contribution < -0.4 is 9.47 Å². The molecule has 1 fully saturated rings. The lowest BCUT2D eigenvalue weighted by Gasteiger charge is -2.34. The molecular weight excluding hydrogens is 445 g/mol. The van der Waals surface area contributed by atoms with Gasteiger partial charge in [0, 0.05) is 38.4 Å². The van der Waals surface area contributed by atoms with E-state index in [1.54, 1.807) is 19.5 Å². The van der Waals surface area contributed by atoms with Crippen LogP contribution in [0.25, 0.3) is 5.69 Å². The fraction of sp³-hybridized carbons (Fsp3) is 0.348. The Hall–Kier alpha value is -3.11. The zero-order chi connectivity index (χ0) is 23.2. The van der Waals surface area contributed by atoms with Gasteiger partial charge in [0.05, 0.1) is 20.0 Å². The predicted molar refractivity (Wildman–Crippen MR) is 123 cm³/mol. The molecule has 4 rings (SSSR count). The molecule has 1 aliphatic rings. The van der Waals surface area contributed by atoms with Crippen molar-refractivity contribution >= 4 is 17.7 Å². The Labute approximate surface area is 196 Å². The number of aromatic nitrogens is 3. The molecule has 0 radical (unpaired) electrons. The molecule has 0 bridgehead atoms. The highest BCUT2D eigenvalue weighted by Crippen LogP contribution is 2.23. The molecule has 3 aromatic rings. The minimum Gasteiger partial charge on any atom is -0.497 e. The van der Waals surface area contributed by atoms with E-state index in [1.165, 1.54) is 24.9 Å². The van der Waals surface area contributed by atoms with Gasteiger partial charge < -0.3 is 14.4 Å². The fourth-order valence-corrected chi connectivity index (χ4v) is 4.51. The van der Waals surface area contributed by atoms with E-state index in [4.69, 9.17) is 9.47 Å². The Morgan fingerprint density at radius 1 is 1.06 bits per heavy atom. The molecule has 8 nitrogen and oxygen atoms in total. The highest BCUT2D eigenvalue weighted by Gasteiger charge is 2.22. The molecule has 2 aromatic carbocycles. The van der Waals surface area contributed by atoms with Crippen LogP contribution in [0.2, 0.25) is 0 Å². The molecule has 1 saturated heterocycles. The third-order valence-corrected chi connectivity index (χ3v) is 6.47. The zero-order valence-electron chi connectivity index (χ0n) is 18.6. The van der Waals surface area contributed by atoms with E-state index in [1.807, 2.05) is 39.8 Å². The molecule has 0 atom stereocenters. The van der Waals surface area contributed by atoms with E-state index in [2.05, 4.69) is 15.1 Å². The van der Waals surface area contributed by atoms with E-state index in [0.29, 0.717) is 30.5 Å². The summed E-state index contributed by atoms with van der Waals surface area (Å²) in [6, 6.07) is 12.6. The van der Waals surface area contributed by atoms with Crippen molar-refractivity contribution < 1.29 is 18.7 Å². The van der Waals surface area contributed by atoms with Gasteiger partial charge in [-0.1, -0.05) is 17.8 Å². The molecule has 10 heteroatoms. The molecule has 0 saturated carbocycles. The molecule has 0 unspecified atom stereocenters. The van der Waals surface area contributed by atoms with Crippen molar-refractivity contribution in [3.63, 3.8) is 0 Å². The summed E-state index contributed by atoms with van der Waals surface area (Å²) in [5.41, 5.74) is 1.79. The average Bonchev–Trinajstić information content (AvgIpc) is 3.32. The van der Waals surface area contributed by atoms with Crippen LogP contribution in [0.5, 0.6) is 11.5 Å². The topological polar surface area (TPSA) is 72.7 Å². The number of ether oxygens (including phenoxy) is 2. The van der Waals surface area contributed by atoms with Gasteiger partial charge in [0.2, 0.25) is 5.91 Å². The van der Waals surface area contributed by atoms with Crippen molar-refractivity contribution in [2.45, 2.75) is 11.7 Å². The quantitative estimate of drug-likeness (QED) is 0.468. The first-order valence-corrected chi connectivity index (χ1v) is 11.6. The highest BCUT2D eigenvalue weighted by molar-refractivity contribution is 7.99. The van der Waals surface area contributed by atoms with Gasteiger partial charge in [-0.2, -0.15) is 0 Å². The van der Waals surface area contributed by atoms with Crippen LogP contribution in [0.3, 0.4) is 0 Å². The summed E-state index contributed by atoms with van der Waals surface area (Å²) in [4.78, 5) is 16.8. The van der Waals surface area contributed by atoms with Crippen LogP contribution in [0.1, 0.15) is 5.56 Å². The number of carbonyl (C=O) groups excluding carboxylic acids is 1. The Kier molecular flexibility index (Phi) is 7.46. The number of amides is 1. The van der Waals surface area contributed by atoms with Crippen LogP contribution in [0.15, 0.2) is 53.9 Å². The van der Waals surface area contributed by atoms with Crippen LogP contribution in [0.4, 0.5) is 4.39 Å². The van der Waals surface area contributed by atoms with Crippen LogP contribution in [0, 0.1) is 5.82 Å². The van der Waals surface area contributed by atoms with Gasteiger partial charge in [0.25, 0.3) is 0 Å². The lowest BCUT2D eigenvalue weighted by Crippen LogP contribution is -2.48. The Morgan fingerprint density at radius 3 is 2.48 bits per heavy atom. The minimum absolute atomic E-state index is 0.0689. The molecule has 0 aliphatic carbocycles. The largest absolute Gasteiger partial charge is 0.497 e. The van der Waals surface area contributed by atoms with Crippen molar-refractivity contribution in [2.24, 2.45) is 0 Å². The number of halogens is 1. The molecule has 1 aromatic heterocycles. The standard InChI is InChI=1S/C23H26FN5O3S/c1-31-19-6-4-18(5-7-19)29-16-25-26-23(29)33-15-22(30)28-11-9-27(10-12-28)14-17-3-8-21(32-2)20(24)13-17/h3-8,13,16H,9-12,14-15H2,1-2H3. The van der Waals surface area contributed by atoms with Gasteiger partial charge >= 0.3 is 0 Å². The number of piperazine rings is 1. The van der Waals surface area contributed by atoms with Gasteiger partial charge in [-0.15, -0.1) is 10.2 Å². The first kappa shape index (κ1) is 23.1.